The van der Waals surface area contributed by atoms with Crippen LogP contribution >= 0.6 is 0 Å². The highest BCUT2D eigenvalue weighted by atomic mass is 15.1. The quantitative estimate of drug-likeness (QED) is 0.144. The second kappa shape index (κ2) is 15.1. The van der Waals surface area contributed by atoms with Crippen molar-refractivity contribution in [3.05, 3.63) is 191 Å². The summed E-state index contributed by atoms with van der Waals surface area (Å²) in [7, 11) is 0. The van der Waals surface area contributed by atoms with Gasteiger partial charge in [0.1, 0.15) is 0 Å². The molecule has 0 aliphatic heterocycles. The van der Waals surface area contributed by atoms with E-state index in [-0.39, 0.29) is 0 Å². The molecule has 0 atom stereocenters. The Morgan fingerprint density at radius 1 is 0.356 bits per heavy atom. The average Bonchev–Trinajstić information content (AvgIpc) is 3.25. The maximum absolute atomic E-state index is 2.47. The monoisotopic (exact) mass is 768 g/mol. The summed E-state index contributed by atoms with van der Waals surface area (Å²) in [6, 6.07) is 59.2. The highest BCUT2D eigenvalue weighted by Crippen LogP contribution is 2.60. The summed E-state index contributed by atoms with van der Waals surface area (Å²) in [5.41, 5.74) is 20.4. The van der Waals surface area contributed by atoms with E-state index in [9.17, 15) is 0 Å². The minimum Gasteiger partial charge on any atom is -0.311 e. The molecule has 2 nitrogen and oxygen atoms in total. The molecule has 0 N–H and O–H groups in total. The molecule has 7 aromatic carbocycles. The SMILES string of the molecule is Cc1ccc(N(c2ccc(C)cc2)c2ccc(-c3ccc(N(c4ccc(C)cc4)c4ccc(-c5ccc(C67CC8CC(CC(C8)C6)C7)cc5)cc4)c(C)c3C)cc2)cc1. The molecule has 0 unspecified atom stereocenters. The van der Waals surface area contributed by atoms with Gasteiger partial charge in [-0.15, -0.1) is 0 Å². The van der Waals surface area contributed by atoms with Crippen LogP contribution in [0, 0.1) is 52.4 Å². The van der Waals surface area contributed by atoms with E-state index in [1.54, 1.807) is 5.56 Å². The topological polar surface area (TPSA) is 6.48 Å². The molecule has 0 amide bonds. The summed E-state index contributed by atoms with van der Waals surface area (Å²) < 4.78 is 0. The number of hydrogen-bond donors (Lipinski definition) is 0. The van der Waals surface area contributed by atoms with E-state index in [1.807, 2.05) is 0 Å². The van der Waals surface area contributed by atoms with Crippen LogP contribution in [0.25, 0.3) is 22.3 Å². The van der Waals surface area contributed by atoms with Crippen molar-refractivity contribution in [2.45, 2.75) is 78.6 Å². The van der Waals surface area contributed by atoms with Crippen LogP contribution in [0.2, 0.25) is 0 Å². The third kappa shape index (κ3) is 7.07. The van der Waals surface area contributed by atoms with Crippen LogP contribution in [-0.2, 0) is 5.41 Å². The number of aryl methyl sites for hydroxylation is 3. The molecule has 59 heavy (non-hydrogen) atoms. The summed E-state index contributed by atoms with van der Waals surface area (Å²) >= 11 is 0. The third-order valence-electron chi connectivity index (χ3n) is 14.3. The van der Waals surface area contributed by atoms with Crippen molar-refractivity contribution in [1.29, 1.82) is 0 Å². The van der Waals surface area contributed by atoms with Crippen molar-refractivity contribution < 1.29 is 0 Å². The smallest absolute Gasteiger partial charge is 0.0493 e. The molecule has 0 spiro atoms. The zero-order valence-corrected chi connectivity index (χ0v) is 35.4. The van der Waals surface area contributed by atoms with Gasteiger partial charge in [-0.2, -0.15) is 0 Å². The van der Waals surface area contributed by atoms with Gasteiger partial charge in [0.25, 0.3) is 0 Å². The van der Waals surface area contributed by atoms with Crippen molar-refractivity contribution >= 4 is 34.1 Å². The number of nitrogens with zero attached hydrogens (tertiary/aromatic N) is 2. The van der Waals surface area contributed by atoms with Gasteiger partial charge in [0.2, 0.25) is 0 Å². The molecule has 0 heterocycles. The number of benzene rings is 7. The standard InChI is InChI=1S/C57H56N2/c1-38-6-20-50(21-7-38)58(51-22-8-39(2)9-23-51)52-28-16-48(17-29-52)55-30-31-56(42(5)41(55)4)59(53-24-10-40(3)11-25-53)54-26-14-47(15-27-54)46-12-18-49(19-13-46)57-35-43-32-44(36-57)34-45(33-43)37-57/h6-31,43-45H,32-37H2,1-5H3. The highest BCUT2D eigenvalue weighted by molar-refractivity contribution is 5.84. The Morgan fingerprint density at radius 3 is 1.14 bits per heavy atom. The maximum Gasteiger partial charge on any atom is 0.0493 e. The Bertz CT molecular complexity index is 2500. The molecule has 7 aromatic rings. The van der Waals surface area contributed by atoms with Crippen molar-refractivity contribution in [3.8, 4) is 22.3 Å². The van der Waals surface area contributed by atoms with E-state index in [0.717, 1.165) is 46.2 Å². The fraction of sp³-hybridized carbons (Fsp3) is 0.263. The van der Waals surface area contributed by atoms with E-state index in [2.05, 4.69) is 202 Å². The second-order valence-corrected chi connectivity index (χ2v) is 18.4. The maximum atomic E-state index is 2.47. The lowest BCUT2D eigenvalue weighted by molar-refractivity contribution is -0.00518. The minimum atomic E-state index is 0.436. The Labute approximate surface area is 352 Å². The largest absolute Gasteiger partial charge is 0.311 e. The van der Waals surface area contributed by atoms with Crippen molar-refractivity contribution in [2.24, 2.45) is 17.8 Å². The summed E-state index contributed by atoms with van der Waals surface area (Å²) in [4.78, 5) is 4.77. The Kier molecular flexibility index (Phi) is 9.55. The van der Waals surface area contributed by atoms with E-state index in [4.69, 9.17) is 0 Å². The lowest BCUT2D eigenvalue weighted by Gasteiger charge is -2.57. The molecule has 2 heteroatoms. The van der Waals surface area contributed by atoms with Crippen molar-refractivity contribution in [1.82, 2.24) is 0 Å². The zero-order valence-electron chi connectivity index (χ0n) is 35.4. The summed E-state index contributed by atoms with van der Waals surface area (Å²) in [5.74, 6) is 2.89. The average molecular weight is 769 g/mol. The molecule has 4 fully saturated rings. The van der Waals surface area contributed by atoms with Gasteiger partial charge in [-0.1, -0.05) is 108 Å². The van der Waals surface area contributed by atoms with Crippen LogP contribution in [0.15, 0.2) is 158 Å². The molecule has 11 rings (SSSR count). The van der Waals surface area contributed by atoms with Gasteiger partial charge in [0, 0.05) is 34.1 Å². The molecule has 0 saturated heterocycles. The zero-order chi connectivity index (χ0) is 40.3. The molecular formula is C57H56N2. The van der Waals surface area contributed by atoms with Crippen LogP contribution in [0.4, 0.5) is 34.1 Å². The Balaban J connectivity index is 0.943. The molecule has 4 aliphatic carbocycles. The predicted molar refractivity (Wildman–Crippen MR) is 250 cm³/mol. The number of hydrogen-bond acceptors (Lipinski definition) is 2. The number of anilines is 6. The van der Waals surface area contributed by atoms with Crippen LogP contribution in [-0.4, -0.2) is 0 Å². The lowest BCUT2D eigenvalue weighted by Crippen LogP contribution is -2.48. The molecule has 0 radical (unpaired) electrons. The first-order valence-electron chi connectivity index (χ1n) is 21.9. The van der Waals surface area contributed by atoms with E-state index >= 15 is 0 Å². The molecular weight excluding hydrogens is 713 g/mol. The minimum absolute atomic E-state index is 0.436. The van der Waals surface area contributed by atoms with Gasteiger partial charge in [0.05, 0.1) is 0 Å². The van der Waals surface area contributed by atoms with Gasteiger partial charge >= 0.3 is 0 Å². The fourth-order valence-corrected chi connectivity index (χ4v) is 11.4. The fourth-order valence-electron chi connectivity index (χ4n) is 11.4. The van der Waals surface area contributed by atoms with Gasteiger partial charge in [-0.3, -0.25) is 0 Å². The normalized spacial score (nSPS) is 20.5. The van der Waals surface area contributed by atoms with Crippen LogP contribution in [0.3, 0.4) is 0 Å². The summed E-state index contributed by atoms with van der Waals surface area (Å²) in [6.07, 6.45) is 8.71. The first-order chi connectivity index (χ1) is 28.7. The summed E-state index contributed by atoms with van der Waals surface area (Å²) in [5, 5.41) is 0. The van der Waals surface area contributed by atoms with Crippen LogP contribution < -0.4 is 9.80 Å². The summed E-state index contributed by atoms with van der Waals surface area (Å²) in [6.45, 7) is 11.0. The van der Waals surface area contributed by atoms with E-state index < -0.39 is 0 Å². The Morgan fingerprint density at radius 2 is 0.712 bits per heavy atom. The molecule has 4 aliphatic rings. The van der Waals surface area contributed by atoms with Crippen molar-refractivity contribution in [3.63, 3.8) is 0 Å². The molecule has 294 valence electrons. The molecule has 4 saturated carbocycles. The van der Waals surface area contributed by atoms with Crippen LogP contribution in [0.5, 0.6) is 0 Å². The highest BCUT2D eigenvalue weighted by Gasteiger charge is 2.51. The van der Waals surface area contributed by atoms with Gasteiger partial charge in [-0.25, -0.2) is 0 Å². The predicted octanol–water partition coefficient (Wildman–Crippen LogP) is 16.0. The van der Waals surface area contributed by atoms with E-state index in [0.29, 0.717) is 5.41 Å². The van der Waals surface area contributed by atoms with Gasteiger partial charge in [-0.05, 0) is 202 Å². The van der Waals surface area contributed by atoms with Gasteiger partial charge < -0.3 is 9.80 Å². The van der Waals surface area contributed by atoms with Crippen molar-refractivity contribution in [2.75, 3.05) is 9.80 Å². The third-order valence-corrected chi connectivity index (χ3v) is 14.3. The molecule has 0 aromatic heterocycles. The van der Waals surface area contributed by atoms with Crippen LogP contribution in [0.1, 0.15) is 71.9 Å². The Hall–Kier alpha value is -5.86. The number of rotatable bonds is 9. The lowest BCUT2D eigenvalue weighted by atomic mass is 9.48. The van der Waals surface area contributed by atoms with Gasteiger partial charge in [0.15, 0.2) is 0 Å². The first kappa shape index (κ1) is 37.4. The molecule has 4 bridgehead atoms. The second-order valence-electron chi connectivity index (χ2n) is 18.4. The van der Waals surface area contributed by atoms with E-state index in [1.165, 1.54) is 94.3 Å². The first-order valence-corrected chi connectivity index (χ1v) is 21.9.